The van der Waals surface area contributed by atoms with E-state index in [2.05, 4.69) is 24.1 Å². The topological polar surface area (TPSA) is 62.2 Å². The minimum absolute atomic E-state index is 0.233. The first-order valence-corrected chi connectivity index (χ1v) is 5.63. The molecule has 2 N–H and O–H groups in total. The van der Waals surface area contributed by atoms with Gasteiger partial charge in [-0.3, -0.25) is 0 Å². The number of hydrogen-bond donors (Lipinski definition) is 2. The second kappa shape index (κ2) is 6.10. The zero-order valence-electron chi connectivity index (χ0n) is 9.73. The van der Waals surface area contributed by atoms with Crippen molar-refractivity contribution in [3.63, 3.8) is 0 Å². The zero-order valence-corrected chi connectivity index (χ0v) is 9.73. The third-order valence-corrected chi connectivity index (χ3v) is 2.51. The van der Waals surface area contributed by atoms with E-state index >= 15 is 0 Å². The van der Waals surface area contributed by atoms with E-state index in [9.17, 15) is 4.79 Å². The fourth-order valence-electron chi connectivity index (χ4n) is 1.61. The molecular weight excluding hydrogens is 204 g/mol. The van der Waals surface area contributed by atoms with Crippen molar-refractivity contribution >= 4 is 11.8 Å². The van der Waals surface area contributed by atoms with Crippen LogP contribution in [0.25, 0.3) is 0 Å². The van der Waals surface area contributed by atoms with Gasteiger partial charge in [0.05, 0.1) is 0 Å². The summed E-state index contributed by atoms with van der Waals surface area (Å²) in [5, 5.41) is 12.2. The molecule has 1 unspecified atom stereocenters. The standard InChI is InChI=1S/C12H18N2O2/c1-3-6-9(4-2)14-11-10(12(15)16)7-5-8-13-11/h5,7-9H,3-4,6H2,1-2H3,(H,13,14)(H,15,16). The first kappa shape index (κ1) is 12.5. The number of nitrogens with one attached hydrogen (secondary N) is 1. The van der Waals surface area contributed by atoms with Crippen LogP contribution in [0, 0.1) is 0 Å². The number of carboxylic acid groups (broad SMARTS) is 1. The van der Waals surface area contributed by atoms with E-state index in [1.807, 2.05) is 0 Å². The van der Waals surface area contributed by atoms with Gasteiger partial charge < -0.3 is 10.4 Å². The van der Waals surface area contributed by atoms with E-state index < -0.39 is 5.97 Å². The van der Waals surface area contributed by atoms with E-state index in [1.54, 1.807) is 18.3 Å². The molecule has 0 aliphatic rings. The second-order valence-electron chi connectivity index (χ2n) is 3.74. The normalized spacial score (nSPS) is 12.1. The van der Waals surface area contributed by atoms with Crippen LogP contribution >= 0.6 is 0 Å². The Morgan fingerprint density at radius 1 is 1.56 bits per heavy atom. The third kappa shape index (κ3) is 3.22. The summed E-state index contributed by atoms with van der Waals surface area (Å²) in [6.07, 6.45) is 4.66. The molecule has 0 aliphatic heterocycles. The molecule has 0 bridgehead atoms. The lowest BCUT2D eigenvalue weighted by molar-refractivity contribution is 0.0697. The van der Waals surface area contributed by atoms with E-state index in [0.717, 1.165) is 19.3 Å². The van der Waals surface area contributed by atoms with Crippen molar-refractivity contribution in [2.24, 2.45) is 0 Å². The van der Waals surface area contributed by atoms with Crippen molar-refractivity contribution in [3.05, 3.63) is 23.9 Å². The number of nitrogens with zero attached hydrogens (tertiary/aromatic N) is 1. The lowest BCUT2D eigenvalue weighted by Gasteiger charge is -2.17. The molecule has 0 fully saturated rings. The van der Waals surface area contributed by atoms with Gasteiger partial charge in [0, 0.05) is 12.2 Å². The van der Waals surface area contributed by atoms with E-state index in [0.29, 0.717) is 5.82 Å². The van der Waals surface area contributed by atoms with E-state index in [4.69, 9.17) is 5.11 Å². The van der Waals surface area contributed by atoms with Gasteiger partial charge in [-0.15, -0.1) is 0 Å². The Labute approximate surface area is 95.7 Å². The number of aromatic carboxylic acids is 1. The van der Waals surface area contributed by atoms with Crippen molar-refractivity contribution in [2.45, 2.75) is 39.2 Å². The molecule has 4 nitrogen and oxygen atoms in total. The predicted molar refractivity (Wildman–Crippen MR) is 63.8 cm³/mol. The highest BCUT2D eigenvalue weighted by molar-refractivity contribution is 5.93. The first-order chi connectivity index (χ1) is 7.69. The molecule has 0 aromatic carbocycles. The van der Waals surface area contributed by atoms with Crippen LogP contribution in [-0.2, 0) is 0 Å². The predicted octanol–water partition coefficient (Wildman–Crippen LogP) is 2.77. The maximum atomic E-state index is 11.0. The van der Waals surface area contributed by atoms with Gasteiger partial charge in [-0.1, -0.05) is 20.3 Å². The summed E-state index contributed by atoms with van der Waals surface area (Å²) in [6, 6.07) is 3.49. The molecule has 1 aromatic rings. The van der Waals surface area contributed by atoms with Gasteiger partial charge in [0.2, 0.25) is 0 Å². The highest BCUT2D eigenvalue weighted by Gasteiger charge is 2.13. The van der Waals surface area contributed by atoms with Crippen molar-refractivity contribution in [1.82, 2.24) is 4.98 Å². The Bertz CT molecular complexity index is 353. The van der Waals surface area contributed by atoms with Crippen LogP contribution in [0.2, 0.25) is 0 Å². The molecular formula is C12H18N2O2. The molecule has 0 amide bonds. The van der Waals surface area contributed by atoms with Gasteiger partial charge in [-0.05, 0) is 25.0 Å². The summed E-state index contributed by atoms with van der Waals surface area (Å²) >= 11 is 0. The third-order valence-electron chi connectivity index (χ3n) is 2.51. The van der Waals surface area contributed by atoms with Crippen LogP contribution in [0.5, 0.6) is 0 Å². The number of carboxylic acids is 1. The number of rotatable bonds is 6. The minimum atomic E-state index is -0.943. The smallest absolute Gasteiger partial charge is 0.339 e. The maximum absolute atomic E-state index is 11.0. The molecule has 1 heterocycles. The summed E-state index contributed by atoms with van der Waals surface area (Å²) < 4.78 is 0. The summed E-state index contributed by atoms with van der Waals surface area (Å²) in [5.41, 5.74) is 0.233. The van der Waals surface area contributed by atoms with Crippen molar-refractivity contribution in [2.75, 3.05) is 5.32 Å². The number of aromatic nitrogens is 1. The molecule has 1 aromatic heterocycles. The molecule has 0 aliphatic carbocycles. The van der Waals surface area contributed by atoms with Crippen molar-refractivity contribution in [3.8, 4) is 0 Å². The second-order valence-corrected chi connectivity index (χ2v) is 3.74. The Morgan fingerprint density at radius 2 is 2.31 bits per heavy atom. The molecule has 0 spiro atoms. The SMILES string of the molecule is CCCC(CC)Nc1ncccc1C(=O)O. The maximum Gasteiger partial charge on any atom is 0.339 e. The minimum Gasteiger partial charge on any atom is -0.478 e. The number of carbonyl (C=O) groups is 1. The Morgan fingerprint density at radius 3 is 2.88 bits per heavy atom. The van der Waals surface area contributed by atoms with Crippen molar-refractivity contribution < 1.29 is 9.90 Å². The molecule has 0 saturated heterocycles. The molecule has 88 valence electrons. The zero-order chi connectivity index (χ0) is 12.0. The number of hydrogen-bond acceptors (Lipinski definition) is 3. The molecule has 1 rings (SSSR count). The van der Waals surface area contributed by atoms with Gasteiger partial charge in [-0.25, -0.2) is 9.78 Å². The summed E-state index contributed by atoms with van der Waals surface area (Å²) in [7, 11) is 0. The Hall–Kier alpha value is -1.58. The molecule has 1 atom stereocenters. The fourth-order valence-corrected chi connectivity index (χ4v) is 1.61. The largest absolute Gasteiger partial charge is 0.478 e. The quantitative estimate of drug-likeness (QED) is 0.777. The summed E-state index contributed by atoms with van der Waals surface area (Å²) in [4.78, 5) is 15.0. The highest BCUT2D eigenvalue weighted by Crippen LogP contribution is 2.15. The lowest BCUT2D eigenvalue weighted by Crippen LogP contribution is -2.20. The Balaban J connectivity index is 2.82. The fraction of sp³-hybridized carbons (Fsp3) is 0.500. The average Bonchev–Trinajstić information content (AvgIpc) is 2.29. The van der Waals surface area contributed by atoms with E-state index in [-0.39, 0.29) is 11.6 Å². The summed E-state index contributed by atoms with van der Waals surface area (Å²) in [6.45, 7) is 4.19. The van der Waals surface area contributed by atoms with Crippen LogP contribution in [0.15, 0.2) is 18.3 Å². The van der Waals surface area contributed by atoms with Crippen molar-refractivity contribution in [1.29, 1.82) is 0 Å². The Kier molecular flexibility index (Phi) is 4.76. The van der Waals surface area contributed by atoms with Crippen LogP contribution in [0.4, 0.5) is 5.82 Å². The van der Waals surface area contributed by atoms with E-state index in [1.165, 1.54) is 0 Å². The van der Waals surface area contributed by atoms with Crippen LogP contribution in [0.3, 0.4) is 0 Å². The van der Waals surface area contributed by atoms with Gasteiger partial charge in [0.1, 0.15) is 11.4 Å². The van der Waals surface area contributed by atoms with Crippen LogP contribution < -0.4 is 5.32 Å². The van der Waals surface area contributed by atoms with Gasteiger partial charge in [-0.2, -0.15) is 0 Å². The van der Waals surface area contributed by atoms with Crippen LogP contribution in [0.1, 0.15) is 43.5 Å². The van der Waals surface area contributed by atoms with Gasteiger partial charge >= 0.3 is 5.97 Å². The monoisotopic (exact) mass is 222 g/mol. The number of anilines is 1. The molecule has 0 saturated carbocycles. The average molecular weight is 222 g/mol. The van der Waals surface area contributed by atoms with Gasteiger partial charge in [0.25, 0.3) is 0 Å². The number of pyridine rings is 1. The molecule has 16 heavy (non-hydrogen) atoms. The lowest BCUT2D eigenvalue weighted by atomic mass is 10.1. The molecule has 4 heteroatoms. The molecule has 0 radical (unpaired) electrons. The van der Waals surface area contributed by atoms with Crippen LogP contribution in [-0.4, -0.2) is 22.1 Å². The highest BCUT2D eigenvalue weighted by atomic mass is 16.4. The first-order valence-electron chi connectivity index (χ1n) is 5.63. The summed E-state index contributed by atoms with van der Waals surface area (Å²) in [5.74, 6) is -0.475. The van der Waals surface area contributed by atoms with Gasteiger partial charge in [0.15, 0.2) is 0 Å².